The molecule has 4 aliphatic carbocycles. The second-order valence-electron chi connectivity index (χ2n) is 10.4. The second-order valence-corrected chi connectivity index (χ2v) is 10.4. The van der Waals surface area contributed by atoms with Crippen molar-refractivity contribution in [3.63, 3.8) is 0 Å². The topological polar surface area (TPSA) is 58.6 Å². The minimum Gasteiger partial charge on any atom is -0.376 e. The van der Waals surface area contributed by atoms with Crippen molar-refractivity contribution in [3.8, 4) is 0 Å². The molecule has 5 nitrogen and oxygen atoms in total. The number of carbonyl (C=O) groups is 2. The van der Waals surface area contributed by atoms with Gasteiger partial charge in [0.15, 0.2) is 0 Å². The Morgan fingerprint density at radius 3 is 2.27 bits per heavy atom. The van der Waals surface area contributed by atoms with Gasteiger partial charge in [-0.05, 0) is 86.8 Å². The van der Waals surface area contributed by atoms with Gasteiger partial charge in [0, 0.05) is 37.7 Å². The van der Waals surface area contributed by atoms with E-state index in [9.17, 15) is 9.59 Å². The number of amides is 2. The van der Waals surface area contributed by atoms with Crippen molar-refractivity contribution in [1.82, 2.24) is 10.2 Å². The molecular formula is C25H34N2O3. The highest BCUT2D eigenvalue weighted by molar-refractivity contribution is 5.94. The molecule has 162 valence electrons. The van der Waals surface area contributed by atoms with E-state index in [1.165, 1.54) is 19.3 Å². The fraction of sp³-hybridized carbons (Fsp3) is 0.680. The van der Waals surface area contributed by atoms with Gasteiger partial charge in [-0.15, -0.1) is 0 Å². The van der Waals surface area contributed by atoms with Crippen LogP contribution < -0.4 is 5.32 Å². The van der Waals surface area contributed by atoms with Crippen molar-refractivity contribution in [3.05, 3.63) is 35.4 Å². The van der Waals surface area contributed by atoms with Gasteiger partial charge < -0.3 is 15.0 Å². The van der Waals surface area contributed by atoms with Gasteiger partial charge >= 0.3 is 0 Å². The molecule has 4 saturated carbocycles. The van der Waals surface area contributed by atoms with E-state index >= 15 is 0 Å². The van der Waals surface area contributed by atoms with Gasteiger partial charge in [0.1, 0.15) is 0 Å². The van der Waals surface area contributed by atoms with Crippen LogP contribution in [0.15, 0.2) is 24.3 Å². The summed E-state index contributed by atoms with van der Waals surface area (Å²) in [7, 11) is 1.84. The minimum absolute atomic E-state index is 0.0228. The van der Waals surface area contributed by atoms with Crippen LogP contribution in [0.4, 0.5) is 0 Å². The van der Waals surface area contributed by atoms with E-state index in [1.54, 1.807) is 4.90 Å². The summed E-state index contributed by atoms with van der Waals surface area (Å²) in [4.78, 5) is 27.5. The molecule has 4 bridgehead atoms. The van der Waals surface area contributed by atoms with Crippen LogP contribution in [0.25, 0.3) is 0 Å². The normalized spacial score (nSPS) is 34.2. The lowest BCUT2D eigenvalue weighted by atomic mass is 9.49. The Morgan fingerprint density at radius 2 is 1.70 bits per heavy atom. The monoisotopic (exact) mass is 410 g/mol. The molecule has 1 atom stereocenters. The van der Waals surface area contributed by atoms with Crippen LogP contribution in [0.3, 0.4) is 0 Å². The summed E-state index contributed by atoms with van der Waals surface area (Å²) < 4.78 is 5.64. The van der Waals surface area contributed by atoms with Crippen LogP contribution in [0, 0.1) is 23.2 Å². The van der Waals surface area contributed by atoms with Crippen LogP contribution in [-0.4, -0.2) is 43.0 Å². The number of carbonyl (C=O) groups excluding carboxylic acids is 2. The lowest BCUT2D eigenvalue weighted by Gasteiger charge is -2.55. The van der Waals surface area contributed by atoms with Gasteiger partial charge in [-0.3, -0.25) is 9.59 Å². The Kier molecular flexibility index (Phi) is 5.34. The second kappa shape index (κ2) is 7.99. The number of benzene rings is 1. The first-order valence-corrected chi connectivity index (χ1v) is 11.7. The first-order valence-electron chi connectivity index (χ1n) is 11.7. The van der Waals surface area contributed by atoms with Crippen LogP contribution in [-0.2, 0) is 16.1 Å². The summed E-state index contributed by atoms with van der Waals surface area (Å²) in [5.74, 6) is 2.62. The summed E-state index contributed by atoms with van der Waals surface area (Å²) in [6.07, 6.45) is 9.60. The van der Waals surface area contributed by atoms with Crippen molar-refractivity contribution in [2.75, 3.05) is 20.2 Å². The molecule has 1 heterocycles. The van der Waals surface area contributed by atoms with E-state index in [-0.39, 0.29) is 23.3 Å². The quantitative estimate of drug-likeness (QED) is 0.777. The first-order chi connectivity index (χ1) is 14.5. The van der Waals surface area contributed by atoms with Gasteiger partial charge in [-0.1, -0.05) is 12.1 Å². The fourth-order valence-electron chi connectivity index (χ4n) is 6.92. The zero-order chi connectivity index (χ0) is 20.7. The average molecular weight is 411 g/mol. The number of hydrogen-bond donors (Lipinski definition) is 1. The molecule has 1 aliphatic heterocycles. The third-order valence-electron chi connectivity index (χ3n) is 8.02. The Labute approximate surface area is 179 Å². The molecule has 6 rings (SSSR count). The van der Waals surface area contributed by atoms with E-state index in [1.807, 2.05) is 31.3 Å². The minimum atomic E-state index is -0.102. The van der Waals surface area contributed by atoms with E-state index in [4.69, 9.17) is 4.74 Å². The smallest absolute Gasteiger partial charge is 0.253 e. The summed E-state index contributed by atoms with van der Waals surface area (Å²) >= 11 is 0. The lowest BCUT2D eigenvalue weighted by molar-refractivity contribution is -0.146. The number of hydrogen-bond acceptors (Lipinski definition) is 3. The van der Waals surface area contributed by atoms with E-state index in [0.29, 0.717) is 18.7 Å². The summed E-state index contributed by atoms with van der Waals surface area (Å²) in [6, 6.07) is 7.68. The number of nitrogens with one attached hydrogen (secondary N) is 1. The van der Waals surface area contributed by atoms with Gasteiger partial charge in [0.25, 0.3) is 5.91 Å². The standard InChI is InChI=1S/C25H34N2O3/c1-27(16-22-3-2-8-30-22)23(28)21-6-4-17(5-7-21)15-26-24(29)25-12-18-9-19(13-25)11-20(10-18)14-25/h4-7,18-20,22H,2-3,8-16H2,1H3,(H,26,29). The SMILES string of the molecule is CN(CC1CCCO1)C(=O)c1ccc(CNC(=O)C23CC4CC(CC(C4)C2)C3)cc1. The zero-order valence-electron chi connectivity index (χ0n) is 18.1. The van der Waals surface area contributed by atoms with Crippen LogP contribution in [0.2, 0.25) is 0 Å². The molecule has 2 amide bonds. The van der Waals surface area contributed by atoms with E-state index in [0.717, 1.165) is 62.0 Å². The Hall–Kier alpha value is -1.88. The Bertz CT molecular complexity index is 762. The first kappa shape index (κ1) is 20.0. The van der Waals surface area contributed by atoms with Gasteiger partial charge in [0.05, 0.1) is 6.10 Å². The highest BCUT2D eigenvalue weighted by Crippen LogP contribution is 2.60. The largest absolute Gasteiger partial charge is 0.376 e. The molecular weight excluding hydrogens is 376 g/mol. The molecule has 5 heteroatoms. The molecule has 30 heavy (non-hydrogen) atoms. The lowest BCUT2D eigenvalue weighted by Crippen LogP contribution is -2.53. The molecule has 0 aromatic heterocycles. The molecule has 5 aliphatic rings. The number of rotatable bonds is 6. The van der Waals surface area contributed by atoms with Crippen molar-refractivity contribution in [2.45, 2.75) is 64.0 Å². The van der Waals surface area contributed by atoms with Gasteiger partial charge in [-0.2, -0.15) is 0 Å². The van der Waals surface area contributed by atoms with E-state index in [2.05, 4.69) is 5.32 Å². The highest BCUT2D eigenvalue weighted by atomic mass is 16.5. The molecule has 1 aromatic rings. The maximum atomic E-state index is 13.1. The Balaban J connectivity index is 1.15. The highest BCUT2D eigenvalue weighted by Gasteiger charge is 2.54. The molecule has 5 fully saturated rings. The number of ether oxygens (including phenoxy) is 1. The van der Waals surface area contributed by atoms with Crippen molar-refractivity contribution in [1.29, 1.82) is 0 Å². The molecule has 0 radical (unpaired) electrons. The van der Waals surface area contributed by atoms with Crippen LogP contribution in [0.1, 0.15) is 67.3 Å². The molecule has 0 spiro atoms. The summed E-state index contributed by atoms with van der Waals surface area (Å²) in [5.41, 5.74) is 1.63. The van der Waals surface area contributed by atoms with Crippen LogP contribution in [0.5, 0.6) is 0 Å². The summed E-state index contributed by atoms with van der Waals surface area (Å²) in [5, 5.41) is 3.22. The van der Waals surface area contributed by atoms with Crippen molar-refractivity contribution in [2.24, 2.45) is 23.2 Å². The van der Waals surface area contributed by atoms with Crippen LogP contribution >= 0.6 is 0 Å². The maximum absolute atomic E-state index is 13.1. The molecule has 1 saturated heterocycles. The summed E-state index contributed by atoms with van der Waals surface area (Å²) in [6.45, 7) is 1.99. The molecule has 1 aromatic carbocycles. The Morgan fingerprint density at radius 1 is 1.07 bits per heavy atom. The average Bonchev–Trinajstić information content (AvgIpc) is 3.24. The number of likely N-dealkylation sites (N-methyl/N-ethyl adjacent to an activating group) is 1. The third-order valence-corrected chi connectivity index (χ3v) is 8.02. The molecule has 1 N–H and O–H groups in total. The third kappa shape index (κ3) is 3.89. The van der Waals surface area contributed by atoms with Gasteiger partial charge in [-0.25, -0.2) is 0 Å². The van der Waals surface area contributed by atoms with Gasteiger partial charge in [0.2, 0.25) is 5.91 Å². The maximum Gasteiger partial charge on any atom is 0.253 e. The zero-order valence-corrected chi connectivity index (χ0v) is 18.1. The predicted octanol–water partition coefficient (Wildman–Crippen LogP) is 3.77. The van der Waals surface area contributed by atoms with E-state index < -0.39 is 0 Å². The van der Waals surface area contributed by atoms with Crippen molar-refractivity contribution >= 4 is 11.8 Å². The molecule has 1 unspecified atom stereocenters. The van der Waals surface area contributed by atoms with Crippen molar-refractivity contribution < 1.29 is 14.3 Å². The number of nitrogens with zero attached hydrogens (tertiary/aromatic N) is 1. The predicted molar refractivity (Wildman–Crippen MR) is 115 cm³/mol. The fourth-order valence-corrected chi connectivity index (χ4v) is 6.92.